The third-order valence-corrected chi connectivity index (χ3v) is 3.91. The molecule has 2 aromatic carbocycles. The predicted octanol–water partition coefficient (Wildman–Crippen LogP) is 5.18. The van der Waals surface area contributed by atoms with E-state index in [4.69, 9.17) is 11.6 Å². The highest BCUT2D eigenvalue weighted by Gasteiger charge is 2.14. The Bertz CT molecular complexity index is 649. The van der Waals surface area contributed by atoms with Gasteiger partial charge in [-0.25, -0.2) is 0 Å². The van der Waals surface area contributed by atoms with Crippen molar-refractivity contribution in [1.82, 2.24) is 0 Å². The molecule has 0 heterocycles. The molecule has 6 heteroatoms. The lowest BCUT2D eigenvalue weighted by atomic mass is 10.1. The summed E-state index contributed by atoms with van der Waals surface area (Å²) in [5.74, 6) is 0. The van der Waals surface area contributed by atoms with E-state index in [1.165, 1.54) is 6.07 Å². The van der Waals surface area contributed by atoms with E-state index in [1.807, 2.05) is 31.2 Å². The second-order valence-electron chi connectivity index (χ2n) is 4.31. The second kappa shape index (κ2) is 6.24. The molecule has 0 aliphatic heterocycles. The van der Waals surface area contributed by atoms with Gasteiger partial charge in [0, 0.05) is 22.8 Å². The molecule has 2 aromatic rings. The Morgan fingerprint density at radius 3 is 2.65 bits per heavy atom. The first-order chi connectivity index (χ1) is 9.49. The molecule has 4 nitrogen and oxygen atoms in total. The molecule has 1 N–H and O–H groups in total. The summed E-state index contributed by atoms with van der Waals surface area (Å²) >= 11 is 9.30. The van der Waals surface area contributed by atoms with Crippen molar-refractivity contribution in [2.24, 2.45) is 0 Å². The minimum absolute atomic E-state index is 0.0290. The Morgan fingerprint density at radius 2 is 2.00 bits per heavy atom. The molecule has 1 unspecified atom stereocenters. The summed E-state index contributed by atoms with van der Waals surface area (Å²) in [5.41, 5.74) is 1.65. The van der Waals surface area contributed by atoms with Crippen LogP contribution in [0.2, 0.25) is 5.02 Å². The molecule has 0 fully saturated rings. The normalized spacial score (nSPS) is 11.9. The molecule has 0 radical (unpaired) electrons. The molecule has 0 aliphatic rings. The summed E-state index contributed by atoms with van der Waals surface area (Å²) in [4.78, 5) is 10.5. The average molecular weight is 356 g/mol. The first kappa shape index (κ1) is 14.8. The second-order valence-corrected chi connectivity index (χ2v) is 5.57. The van der Waals surface area contributed by atoms with Crippen LogP contribution in [0.4, 0.5) is 11.4 Å². The SMILES string of the molecule is CC(Nc1ccc(Br)c([N+](=O)[O-])c1)c1ccccc1Cl. The largest absolute Gasteiger partial charge is 0.378 e. The molecule has 0 amide bonds. The number of hydrogen-bond donors (Lipinski definition) is 1. The number of anilines is 1. The monoisotopic (exact) mass is 354 g/mol. The van der Waals surface area contributed by atoms with Gasteiger partial charge in [-0.05, 0) is 46.6 Å². The zero-order chi connectivity index (χ0) is 14.7. The van der Waals surface area contributed by atoms with Crippen molar-refractivity contribution in [2.45, 2.75) is 13.0 Å². The van der Waals surface area contributed by atoms with Gasteiger partial charge in [0.1, 0.15) is 0 Å². The molecule has 0 bridgehead atoms. The number of nitro groups is 1. The predicted molar refractivity (Wildman–Crippen MR) is 84.3 cm³/mol. The van der Waals surface area contributed by atoms with Crippen LogP contribution < -0.4 is 5.32 Å². The molecule has 0 aliphatic carbocycles. The van der Waals surface area contributed by atoms with E-state index in [9.17, 15) is 10.1 Å². The molecule has 0 aromatic heterocycles. The summed E-state index contributed by atoms with van der Waals surface area (Å²) in [7, 11) is 0. The van der Waals surface area contributed by atoms with Gasteiger partial charge in [-0.1, -0.05) is 29.8 Å². The Morgan fingerprint density at radius 1 is 1.30 bits per heavy atom. The van der Waals surface area contributed by atoms with Crippen LogP contribution in [0, 0.1) is 10.1 Å². The lowest BCUT2D eigenvalue weighted by Gasteiger charge is -2.17. The highest BCUT2D eigenvalue weighted by molar-refractivity contribution is 9.10. The van der Waals surface area contributed by atoms with Crippen LogP contribution in [0.25, 0.3) is 0 Å². The number of nitrogens with zero attached hydrogens (tertiary/aromatic N) is 1. The Labute approximate surface area is 130 Å². The number of benzene rings is 2. The van der Waals surface area contributed by atoms with Gasteiger partial charge < -0.3 is 5.32 Å². The fourth-order valence-electron chi connectivity index (χ4n) is 1.90. The standard InChI is InChI=1S/C14H12BrClN2O2/c1-9(11-4-2-3-5-13(11)16)17-10-6-7-12(15)14(8-10)18(19)20/h2-9,17H,1H3. The van der Waals surface area contributed by atoms with Crippen molar-refractivity contribution in [1.29, 1.82) is 0 Å². The third-order valence-electron chi connectivity index (χ3n) is 2.90. The maximum atomic E-state index is 10.9. The molecule has 0 saturated heterocycles. The van der Waals surface area contributed by atoms with Crippen molar-refractivity contribution >= 4 is 38.9 Å². The lowest BCUT2D eigenvalue weighted by molar-refractivity contribution is -0.385. The van der Waals surface area contributed by atoms with Gasteiger partial charge in [-0.15, -0.1) is 0 Å². The lowest BCUT2D eigenvalue weighted by Crippen LogP contribution is -2.07. The maximum absolute atomic E-state index is 10.9. The van der Waals surface area contributed by atoms with Crippen LogP contribution in [0.3, 0.4) is 0 Å². The quantitative estimate of drug-likeness (QED) is 0.607. The smallest absolute Gasteiger partial charge is 0.285 e. The van der Waals surface area contributed by atoms with Crippen LogP contribution in [-0.2, 0) is 0 Å². The van der Waals surface area contributed by atoms with Crippen LogP contribution >= 0.6 is 27.5 Å². The van der Waals surface area contributed by atoms with Crippen LogP contribution in [0.1, 0.15) is 18.5 Å². The van der Waals surface area contributed by atoms with E-state index in [0.717, 1.165) is 5.56 Å². The van der Waals surface area contributed by atoms with Gasteiger partial charge in [0.15, 0.2) is 0 Å². The highest BCUT2D eigenvalue weighted by atomic mass is 79.9. The summed E-state index contributed by atoms with van der Waals surface area (Å²) in [5, 5.41) is 14.8. The topological polar surface area (TPSA) is 55.2 Å². The third kappa shape index (κ3) is 3.29. The summed E-state index contributed by atoms with van der Waals surface area (Å²) in [6, 6.07) is 12.4. The minimum Gasteiger partial charge on any atom is -0.378 e. The zero-order valence-electron chi connectivity index (χ0n) is 10.6. The van der Waals surface area contributed by atoms with Gasteiger partial charge in [-0.3, -0.25) is 10.1 Å². The molecule has 0 saturated carbocycles. The number of nitro benzene ring substituents is 1. The van der Waals surface area contributed by atoms with Crippen molar-refractivity contribution in [3.8, 4) is 0 Å². The average Bonchev–Trinajstić information content (AvgIpc) is 2.41. The van der Waals surface area contributed by atoms with E-state index in [2.05, 4.69) is 21.2 Å². The summed E-state index contributed by atoms with van der Waals surface area (Å²) in [6.07, 6.45) is 0. The number of nitrogens with one attached hydrogen (secondary N) is 1. The molecule has 104 valence electrons. The fourth-order valence-corrected chi connectivity index (χ4v) is 2.59. The summed E-state index contributed by atoms with van der Waals surface area (Å²) < 4.78 is 0.457. The van der Waals surface area contributed by atoms with E-state index in [1.54, 1.807) is 12.1 Å². The molecule has 1 atom stereocenters. The van der Waals surface area contributed by atoms with Gasteiger partial charge >= 0.3 is 0 Å². The Kier molecular flexibility index (Phi) is 4.62. The minimum atomic E-state index is -0.421. The number of rotatable bonds is 4. The number of halogens is 2. The van der Waals surface area contributed by atoms with Gasteiger partial charge in [-0.2, -0.15) is 0 Å². The van der Waals surface area contributed by atoms with Crippen molar-refractivity contribution in [3.63, 3.8) is 0 Å². The fraction of sp³-hybridized carbons (Fsp3) is 0.143. The van der Waals surface area contributed by atoms with Crippen molar-refractivity contribution < 1.29 is 4.92 Å². The highest BCUT2D eigenvalue weighted by Crippen LogP contribution is 2.31. The molecule has 20 heavy (non-hydrogen) atoms. The van der Waals surface area contributed by atoms with Crippen LogP contribution in [0.15, 0.2) is 46.9 Å². The first-order valence-electron chi connectivity index (χ1n) is 5.94. The zero-order valence-corrected chi connectivity index (χ0v) is 13.0. The van der Waals surface area contributed by atoms with Gasteiger partial charge in [0.25, 0.3) is 5.69 Å². The van der Waals surface area contributed by atoms with E-state index >= 15 is 0 Å². The molecular formula is C14H12BrClN2O2. The molecule has 2 rings (SSSR count). The van der Waals surface area contributed by atoms with E-state index in [0.29, 0.717) is 15.2 Å². The van der Waals surface area contributed by atoms with Crippen molar-refractivity contribution in [3.05, 3.63) is 67.6 Å². The Hall–Kier alpha value is -1.59. The maximum Gasteiger partial charge on any atom is 0.285 e. The van der Waals surface area contributed by atoms with Crippen molar-refractivity contribution in [2.75, 3.05) is 5.32 Å². The van der Waals surface area contributed by atoms with Crippen LogP contribution in [0.5, 0.6) is 0 Å². The first-order valence-corrected chi connectivity index (χ1v) is 7.11. The van der Waals surface area contributed by atoms with Gasteiger partial charge in [0.2, 0.25) is 0 Å². The summed E-state index contributed by atoms with van der Waals surface area (Å²) in [6.45, 7) is 1.95. The van der Waals surface area contributed by atoms with Crippen LogP contribution in [-0.4, -0.2) is 4.92 Å². The Balaban J connectivity index is 2.24. The van der Waals surface area contributed by atoms with Gasteiger partial charge in [0.05, 0.1) is 9.40 Å². The molecular weight excluding hydrogens is 344 g/mol. The number of hydrogen-bond acceptors (Lipinski definition) is 3. The van der Waals surface area contributed by atoms with E-state index in [-0.39, 0.29) is 11.7 Å². The molecule has 0 spiro atoms. The van der Waals surface area contributed by atoms with E-state index < -0.39 is 4.92 Å².